The predicted molar refractivity (Wildman–Crippen MR) is 59.5 cm³/mol. The fourth-order valence-corrected chi connectivity index (χ4v) is 2.34. The zero-order valence-electron chi connectivity index (χ0n) is 9.64. The van der Waals surface area contributed by atoms with Crippen LogP contribution in [0.25, 0.3) is 0 Å². The van der Waals surface area contributed by atoms with Gasteiger partial charge in [-0.2, -0.15) is 0 Å². The Labute approximate surface area is 95.6 Å². The summed E-state index contributed by atoms with van der Waals surface area (Å²) in [6.45, 7) is 2.21. The van der Waals surface area contributed by atoms with Crippen molar-refractivity contribution in [3.8, 4) is 12.3 Å². The number of nitrogens with zero attached hydrogens (tertiary/aromatic N) is 1. The van der Waals surface area contributed by atoms with Crippen molar-refractivity contribution < 1.29 is 14.7 Å². The molecule has 1 aliphatic rings. The molecule has 0 aromatic carbocycles. The van der Waals surface area contributed by atoms with Gasteiger partial charge in [0.1, 0.15) is 0 Å². The van der Waals surface area contributed by atoms with Crippen LogP contribution in [0.2, 0.25) is 0 Å². The number of carboxylic acid groups (broad SMARTS) is 1. The van der Waals surface area contributed by atoms with Gasteiger partial charge in [-0.25, -0.2) is 0 Å². The number of terminal acetylenes is 1. The lowest BCUT2D eigenvalue weighted by Crippen LogP contribution is -2.36. The Balaban J connectivity index is 2.75. The SMILES string of the molecule is C#CCN(C)C(=O)C1CC(C)CC1C(=O)O. The van der Waals surface area contributed by atoms with Gasteiger partial charge in [-0.05, 0) is 18.8 Å². The first-order chi connectivity index (χ1) is 7.47. The average molecular weight is 223 g/mol. The summed E-state index contributed by atoms with van der Waals surface area (Å²) in [6.07, 6.45) is 6.35. The van der Waals surface area contributed by atoms with Crippen LogP contribution in [0.1, 0.15) is 19.8 Å². The highest BCUT2D eigenvalue weighted by molar-refractivity contribution is 5.85. The summed E-state index contributed by atoms with van der Waals surface area (Å²) in [6, 6.07) is 0. The van der Waals surface area contributed by atoms with Crippen LogP contribution in [-0.4, -0.2) is 35.5 Å². The monoisotopic (exact) mass is 223 g/mol. The van der Waals surface area contributed by atoms with Gasteiger partial charge in [0.05, 0.1) is 18.4 Å². The Morgan fingerprint density at radius 2 is 2.00 bits per heavy atom. The second-order valence-corrected chi connectivity index (χ2v) is 4.53. The quantitative estimate of drug-likeness (QED) is 0.721. The van der Waals surface area contributed by atoms with E-state index in [2.05, 4.69) is 5.92 Å². The molecule has 0 saturated heterocycles. The van der Waals surface area contributed by atoms with E-state index < -0.39 is 17.8 Å². The van der Waals surface area contributed by atoms with E-state index in [-0.39, 0.29) is 18.4 Å². The van der Waals surface area contributed by atoms with Crippen LogP contribution in [-0.2, 0) is 9.59 Å². The third-order valence-corrected chi connectivity index (χ3v) is 3.14. The van der Waals surface area contributed by atoms with Crippen LogP contribution in [0.15, 0.2) is 0 Å². The molecule has 1 rings (SSSR count). The lowest BCUT2D eigenvalue weighted by atomic mass is 9.95. The maximum Gasteiger partial charge on any atom is 0.307 e. The topological polar surface area (TPSA) is 57.6 Å². The Bertz CT molecular complexity index is 332. The molecular weight excluding hydrogens is 206 g/mol. The molecule has 3 unspecified atom stereocenters. The molecule has 1 aliphatic carbocycles. The maximum absolute atomic E-state index is 12.0. The van der Waals surface area contributed by atoms with Crippen molar-refractivity contribution in [1.29, 1.82) is 0 Å². The van der Waals surface area contributed by atoms with E-state index in [1.807, 2.05) is 6.92 Å². The largest absolute Gasteiger partial charge is 0.481 e. The standard InChI is InChI=1S/C12H17NO3/c1-4-5-13(3)11(14)9-6-8(2)7-10(9)12(15)16/h1,8-10H,5-7H2,2-3H3,(H,15,16). The number of carbonyl (C=O) groups is 2. The number of hydrogen-bond acceptors (Lipinski definition) is 2. The molecule has 4 nitrogen and oxygen atoms in total. The Morgan fingerprint density at radius 3 is 2.50 bits per heavy atom. The summed E-state index contributed by atoms with van der Waals surface area (Å²) in [4.78, 5) is 24.4. The van der Waals surface area contributed by atoms with E-state index in [4.69, 9.17) is 11.5 Å². The number of carbonyl (C=O) groups excluding carboxylic acids is 1. The van der Waals surface area contributed by atoms with Gasteiger partial charge in [-0.3, -0.25) is 9.59 Å². The van der Waals surface area contributed by atoms with Crippen molar-refractivity contribution in [2.45, 2.75) is 19.8 Å². The fourth-order valence-electron chi connectivity index (χ4n) is 2.34. The smallest absolute Gasteiger partial charge is 0.307 e. The molecule has 0 bridgehead atoms. The van der Waals surface area contributed by atoms with E-state index in [0.29, 0.717) is 12.8 Å². The van der Waals surface area contributed by atoms with Gasteiger partial charge in [0.25, 0.3) is 0 Å². The number of amides is 1. The van der Waals surface area contributed by atoms with Crippen molar-refractivity contribution >= 4 is 11.9 Å². The molecule has 0 spiro atoms. The summed E-state index contributed by atoms with van der Waals surface area (Å²) in [7, 11) is 1.62. The lowest BCUT2D eigenvalue weighted by Gasteiger charge is -2.21. The minimum absolute atomic E-state index is 0.144. The molecule has 1 saturated carbocycles. The van der Waals surface area contributed by atoms with Crippen LogP contribution >= 0.6 is 0 Å². The summed E-state index contributed by atoms with van der Waals surface area (Å²) in [5.41, 5.74) is 0. The average Bonchev–Trinajstić information content (AvgIpc) is 2.59. The first kappa shape index (κ1) is 12.6. The minimum atomic E-state index is -0.878. The second-order valence-electron chi connectivity index (χ2n) is 4.53. The number of carboxylic acids is 1. The molecule has 16 heavy (non-hydrogen) atoms. The maximum atomic E-state index is 12.0. The van der Waals surface area contributed by atoms with Crippen molar-refractivity contribution in [2.24, 2.45) is 17.8 Å². The molecule has 88 valence electrons. The molecule has 3 atom stereocenters. The Kier molecular flexibility index (Phi) is 3.94. The molecule has 1 N–H and O–H groups in total. The summed E-state index contributed by atoms with van der Waals surface area (Å²) >= 11 is 0. The molecule has 4 heteroatoms. The molecule has 0 radical (unpaired) electrons. The summed E-state index contributed by atoms with van der Waals surface area (Å²) < 4.78 is 0. The molecule has 1 amide bonds. The Hall–Kier alpha value is -1.50. The van der Waals surface area contributed by atoms with Crippen molar-refractivity contribution in [2.75, 3.05) is 13.6 Å². The van der Waals surface area contributed by atoms with Gasteiger partial charge < -0.3 is 10.0 Å². The van der Waals surface area contributed by atoms with Crippen molar-refractivity contribution in [3.05, 3.63) is 0 Å². The molecular formula is C12H17NO3. The third-order valence-electron chi connectivity index (χ3n) is 3.14. The summed E-state index contributed by atoms with van der Waals surface area (Å²) in [5.74, 6) is 0.685. The van der Waals surface area contributed by atoms with Crippen LogP contribution < -0.4 is 0 Å². The summed E-state index contributed by atoms with van der Waals surface area (Å²) in [5, 5.41) is 9.05. The van der Waals surface area contributed by atoms with Gasteiger partial charge >= 0.3 is 5.97 Å². The number of hydrogen-bond donors (Lipinski definition) is 1. The van der Waals surface area contributed by atoms with E-state index in [1.54, 1.807) is 7.05 Å². The molecule has 1 fully saturated rings. The lowest BCUT2D eigenvalue weighted by molar-refractivity contribution is -0.148. The van der Waals surface area contributed by atoms with Gasteiger partial charge in [0, 0.05) is 7.05 Å². The van der Waals surface area contributed by atoms with Crippen LogP contribution in [0.5, 0.6) is 0 Å². The first-order valence-corrected chi connectivity index (χ1v) is 5.38. The van der Waals surface area contributed by atoms with E-state index in [0.717, 1.165) is 0 Å². The number of aliphatic carboxylic acids is 1. The van der Waals surface area contributed by atoms with Gasteiger partial charge in [0.15, 0.2) is 0 Å². The van der Waals surface area contributed by atoms with Gasteiger partial charge in [0.2, 0.25) is 5.91 Å². The highest BCUT2D eigenvalue weighted by atomic mass is 16.4. The van der Waals surface area contributed by atoms with Crippen LogP contribution in [0, 0.1) is 30.1 Å². The van der Waals surface area contributed by atoms with E-state index in [1.165, 1.54) is 4.90 Å². The number of rotatable bonds is 3. The van der Waals surface area contributed by atoms with E-state index >= 15 is 0 Å². The van der Waals surface area contributed by atoms with Crippen molar-refractivity contribution in [1.82, 2.24) is 4.90 Å². The fraction of sp³-hybridized carbons (Fsp3) is 0.667. The zero-order chi connectivity index (χ0) is 12.3. The third kappa shape index (κ3) is 2.54. The molecule has 0 heterocycles. The van der Waals surface area contributed by atoms with Crippen LogP contribution in [0.3, 0.4) is 0 Å². The highest BCUT2D eigenvalue weighted by Gasteiger charge is 2.42. The Morgan fingerprint density at radius 1 is 1.44 bits per heavy atom. The first-order valence-electron chi connectivity index (χ1n) is 5.38. The minimum Gasteiger partial charge on any atom is -0.481 e. The van der Waals surface area contributed by atoms with E-state index in [9.17, 15) is 9.59 Å². The van der Waals surface area contributed by atoms with Gasteiger partial charge in [-0.15, -0.1) is 6.42 Å². The van der Waals surface area contributed by atoms with Gasteiger partial charge in [-0.1, -0.05) is 12.8 Å². The van der Waals surface area contributed by atoms with Crippen LogP contribution in [0.4, 0.5) is 0 Å². The molecule has 0 aliphatic heterocycles. The van der Waals surface area contributed by atoms with Crippen molar-refractivity contribution in [3.63, 3.8) is 0 Å². The predicted octanol–water partition coefficient (Wildman–Crippen LogP) is 0.825. The highest BCUT2D eigenvalue weighted by Crippen LogP contribution is 2.37. The normalized spacial score (nSPS) is 28.4. The zero-order valence-corrected chi connectivity index (χ0v) is 9.64. The second kappa shape index (κ2) is 5.02. The molecule has 0 aromatic heterocycles. The molecule has 0 aromatic rings.